The van der Waals surface area contributed by atoms with Crippen molar-refractivity contribution in [1.82, 2.24) is 9.38 Å². The molecule has 0 saturated heterocycles. The molecule has 2 heterocycles. The van der Waals surface area contributed by atoms with Gasteiger partial charge in [-0.1, -0.05) is 38.1 Å². The summed E-state index contributed by atoms with van der Waals surface area (Å²) in [5.74, 6) is 0.866. The van der Waals surface area contributed by atoms with Crippen LogP contribution in [0.3, 0.4) is 0 Å². The minimum atomic E-state index is -3.22. The molecule has 0 N–H and O–H groups in total. The molecule has 2 aromatic heterocycles. The standard InChI is InChI=1S/C25H23N3O3S/c1-17(2)23-24(28-13-5-7-20(15-26)25(28)27-23)19-6-4-8-21(14-19)31-16-18-9-11-22(12-10-18)32(3,29)30/h4-14,17H,16H2,1-3H3. The quantitative estimate of drug-likeness (QED) is 0.418. The Bertz CT molecular complexity index is 1430. The van der Waals surface area contributed by atoms with E-state index in [4.69, 9.17) is 9.72 Å². The van der Waals surface area contributed by atoms with Crippen molar-refractivity contribution in [3.05, 3.63) is 83.7 Å². The monoisotopic (exact) mass is 445 g/mol. The molecule has 7 heteroatoms. The van der Waals surface area contributed by atoms with E-state index in [9.17, 15) is 13.7 Å². The molecule has 4 aromatic rings. The third-order valence-electron chi connectivity index (χ3n) is 5.21. The van der Waals surface area contributed by atoms with Gasteiger partial charge >= 0.3 is 0 Å². The second-order valence-electron chi connectivity index (χ2n) is 7.96. The number of pyridine rings is 1. The largest absolute Gasteiger partial charge is 0.489 e. The van der Waals surface area contributed by atoms with Gasteiger partial charge in [-0.05, 0) is 47.9 Å². The predicted octanol–water partition coefficient (Wildman–Crippen LogP) is 4.98. The van der Waals surface area contributed by atoms with E-state index in [1.807, 2.05) is 40.9 Å². The van der Waals surface area contributed by atoms with E-state index in [0.717, 1.165) is 22.5 Å². The predicted molar refractivity (Wildman–Crippen MR) is 123 cm³/mol. The van der Waals surface area contributed by atoms with Crippen molar-refractivity contribution in [3.8, 4) is 23.1 Å². The number of imidazole rings is 1. The first-order chi connectivity index (χ1) is 15.3. The molecule has 4 rings (SSSR count). The van der Waals surface area contributed by atoms with Crippen LogP contribution in [-0.2, 0) is 16.4 Å². The van der Waals surface area contributed by atoms with Gasteiger partial charge in [-0.25, -0.2) is 13.4 Å². The number of aromatic nitrogens is 2. The maximum Gasteiger partial charge on any atom is 0.175 e. The smallest absolute Gasteiger partial charge is 0.175 e. The van der Waals surface area contributed by atoms with Gasteiger partial charge in [0, 0.05) is 18.0 Å². The molecule has 162 valence electrons. The second-order valence-corrected chi connectivity index (χ2v) is 9.98. The molecule has 0 radical (unpaired) electrons. The van der Waals surface area contributed by atoms with Crippen LogP contribution in [0.5, 0.6) is 5.75 Å². The molecule has 0 fully saturated rings. The van der Waals surface area contributed by atoms with Crippen LogP contribution in [0.2, 0.25) is 0 Å². The SMILES string of the molecule is CC(C)c1nc2c(C#N)cccn2c1-c1cccc(OCc2ccc(S(C)(=O)=O)cc2)c1. The topological polar surface area (TPSA) is 84.5 Å². The van der Waals surface area contributed by atoms with Gasteiger partial charge in [0.1, 0.15) is 18.4 Å². The number of rotatable bonds is 6. The van der Waals surface area contributed by atoms with E-state index >= 15 is 0 Å². The van der Waals surface area contributed by atoms with Crippen molar-refractivity contribution in [2.24, 2.45) is 0 Å². The first kappa shape index (κ1) is 21.6. The highest BCUT2D eigenvalue weighted by Crippen LogP contribution is 2.33. The second kappa shape index (κ2) is 8.48. The summed E-state index contributed by atoms with van der Waals surface area (Å²) >= 11 is 0. The number of benzene rings is 2. The fraction of sp³-hybridized carbons (Fsp3) is 0.200. The zero-order chi connectivity index (χ0) is 22.9. The average molecular weight is 446 g/mol. The normalized spacial score (nSPS) is 11.6. The Balaban J connectivity index is 1.66. The summed E-state index contributed by atoms with van der Waals surface area (Å²) in [7, 11) is -3.22. The zero-order valence-corrected chi connectivity index (χ0v) is 18.9. The average Bonchev–Trinajstić information content (AvgIpc) is 3.18. The number of hydrogen-bond donors (Lipinski definition) is 0. The summed E-state index contributed by atoms with van der Waals surface area (Å²) < 4.78 is 31.2. The lowest BCUT2D eigenvalue weighted by atomic mass is 10.0. The molecular formula is C25H23N3O3S. The molecule has 0 aliphatic carbocycles. The fourth-order valence-electron chi connectivity index (χ4n) is 3.59. The molecule has 0 atom stereocenters. The van der Waals surface area contributed by atoms with E-state index in [2.05, 4.69) is 19.9 Å². The zero-order valence-electron chi connectivity index (χ0n) is 18.1. The third-order valence-corrected chi connectivity index (χ3v) is 6.34. The fourth-order valence-corrected chi connectivity index (χ4v) is 4.23. The summed E-state index contributed by atoms with van der Waals surface area (Å²) in [5, 5.41) is 9.47. The summed E-state index contributed by atoms with van der Waals surface area (Å²) in [5.41, 5.74) is 4.85. The van der Waals surface area contributed by atoms with E-state index in [-0.39, 0.29) is 10.8 Å². The number of fused-ring (bicyclic) bond motifs is 1. The first-order valence-corrected chi connectivity index (χ1v) is 12.1. The van der Waals surface area contributed by atoms with Gasteiger partial charge in [0.2, 0.25) is 0 Å². The minimum absolute atomic E-state index is 0.175. The molecule has 0 bridgehead atoms. The third kappa shape index (κ3) is 4.23. The summed E-state index contributed by atoms with van der Waals surface area (Å²) in [6.07, 6.45) is 3.11. The number of nitriles is 1. The summed E-state index contributed by atoms with van der Waals surface area (Å²) in [6, 6.07) is 20.3. The van der Waals surface area contributed by atoms with Gasteiger partial charge in [0.15, 0.2) is 15.5 Å². The molecule has 0 amide bonds. The van der Waals surface area contributed by atoms with Crippen LogP contribution in [0, 0.1) is 11.3 Å². The van der Waals surface area contributed by atoms with Crippen LogP contribution in [0.1, 0.15) is 36.6 Å². The lowest BCUT2D eigenvalue weighted by Crippen LogP contribution is -1.99. The van der Waals surface area contributed by atoms with E-state index in [0.29, 0.717) is 23.6 Å². The van der Waals surface area contributed by atoms with Gasteiger partial charge in [0.25, 0.3) is 0 Å². The Labute approximate surface area is 187 Å². The molecule has 6 nitrogen and oxygen atoms in total. The summed E-state index contributed by atoms with van der Waals surface area (Å²) in [4.78, 5) is 5.05. The summed E-state index contributed by atoms with van der Waals surface area (Å²) in [6.45, 7) is 4.48. The van der Waals surface area contributed by atoms with Gasteiger partial charge in [-0.15, -0.1) is 0 Å². The maximum absolute atomic E-state index is 11.6. The van der Waals surface area contributed by atoms with Crippen molar-refractivity contribution in [2.45, 2.75) is 31.3 Å². The van der Waals surface area contributed by atoms with Gasteiger partial charge in [-0.3, -0.25) is 4.40 Å². The van der Waals surface area contributed by atoms with E-state index < -0.39 is 9.84 Å². The van der Waals surface area contributed by atoms with E-state index in [1.54, 1.807) is 30.3 Å². The van der Waals surface area contributed by atoms with Crippen molar-refractivity contribution in [3.63, 3.8) is 0 Å². The molecule has 0 unspecified atom stereocenters. The van der Waals surface area contributed by atoms with Crippen LogP contribution in [-0.4, -0.2) is 24.1 Å². The van der Waals surface area contributed by atoms with Crippen molar-refractivity contribution >= 4 is 15.5 Å². The Morgan fingerprint density at radius 1 is 1.09 bits per heavy atom. The van der Waals surface area contributed by atoms with Crippen LogP contribution in [0.25, 0.3) is 16.9 Å². The van der Waals surface area contributed by atoms with Gasteiger partial charge in [0.05, 0.1) is 21.8 Å². The number of hydrogen-bond acceptors (Lipinski definition) is 5. The number of ether oxygens (including phenoxy) is 1. The molecule has 32 heavy (non-hydrogen) atoms. The number of sulfone groups is 1. The van der Waals surface area contributed by atoms with Crippen LogP contribution in [0.15, 0.2) is 71.8 Å². The minimum Gasteiger partial charge on any atom is -0.489 e. The van der Waals surface area contributed by atoms with Crippen molar-refractivity contribution < 1.29 is 13.2 Å². The molecule has 0 aliphatic rings. The maximum atomic E-state index is 11.6. The Morgan fingerprint density at radius 2 is 1.84 bits per heavy atom. The first-order valence-electron chi connectivity index (χ1n) is 10.2. The van der Waals surface area contributed by atoms with Crippen LogP contribution in [0.4, 0.5) is 0 Å². The van der Waals surface area contributed by atoms with E-state index in [1.165, 1.54) is 6.26 Å². The van der Waals surface area contributed by atoms with Gasteiger partial charge < -0.3 is 4.74 Å². The van der Waals surface area contributed by atoms with Crippen LogP contribution >= 0.6 is 0 Å². The highest BCUT2D eigenvalue weighted by Gasteiger charge is 2.19. The number of nitrogens with zero attached hydrogens (tertiary/aromatic N) is 3. The highest BCUT2D eigenvalue weighted by atomic mass is 32.2. The molecule has 2 aromatic carbocycles. The lowest BCUT2D eigenvalue weighted by molar-refractivity contribution is 0.306. The molecule has 0 saturated carbocycles. The lowest BCUT2D eigenvalue weighted by Gasteiger charge is -2.11. The van der Waals surface area contributed by atoms with Crippen molar-refractivity contribution in [2.75, 3.05) is 6.26 Å². The Kier molecular flexibility index (Phi) is 5.72. The van der Waals surface area contributed by atoms with Gasteiger partial charge in [-0.2, -0.15) is 5.26 Å². The Hall–Kier alpha value is -3.63. The molecule has 0 spiro atoms. The molecule has 0 aliphatic heterocycles. The Morgan fingerprint density at radius 3 is 2.50 bits per heavy atom. The van der Waals surface area contributed by atoms with Crippen LogP contribution < -0.4 is 4.74 Å². The highest BCUT2D eigenvalue weighted by molar-refractivity contribution is 7.90. The van der Waals surface area contributed by atoms with Crippen molar-refractivity contribution in [1.29, 1.82) is 5.26 Å². The molecular weight excluding hydrogens is 422 g/mol.